The van der Waals surface area contributed by atoms with Crippen LogP contribution in [0, 0.1) is 0 Å². The number of nitrogens with one attached hydrogen (secondary N) is 3. The fourth-order valence-electron chi connectivity index (χ4n) is 2.89. The average Bonchev–Trinajstić information content (AvgIpc) is 3.28. The Balaban J connectivity index is 1.44. The van der Waals surface area contributed by atoms with E-state index in [2.05, 4.69) is 22.9 Å². The van der Waals surface area contributed by atoms with E-state index in [-0.39, 0.29) is 30.8 Å². The summed E-state index contributed by atoms with van der Waals surface area (Å²) in [5.41, 5.74) is 2.53. The zero-order valence-corrected chi connectivity index (χ0v) is 17.9. The van der Waals surface area contributed by atoms with Crippen LogP contribution in [0.3, 0.4) is 0 Å². The highest BCUT2D eigenvalue weighted by Gasteiger charge is 2.09. The second-order valence-electron chi connectivity index (χ2n) is 6.91. The van der Waals surface area contributed by atoms with Crippen molar-refractivity contribution in [2.75, 3.05) is 17.2 Å². The van der Waals surface area contributed by atoms with E-state index in [1.807, 2.05) is 36.4 Å². The Kier molecular flexibility index (Phi) is 7.90. The van der Waals surface area contributed by atoms with Gasteiger partial charge >= 0.3 is 0 Å². The molecule has 1 aromatic heterocycles. The molecule has 3 N–H and O–H groups in total. The summed E-state index contributed by atoms with van der Waals surface area (Å²) >= 11 is 6.38. The van der Waals surface area contributed by atoms with Crippen LogP contribution in [0.1, 0.15) is 30.7 Å². The van der Waals surface area contributed by atoms with E-state index >= 15 is 0 Å². The predicted molar refractivity (Wildman–Crippen MR) is 124 cm³/mol. The third-order valence-electron chi connectivity index (χ3n) is 4.52. The van der Waals surface area contributed by atoms with E-state index in [0.29, 0.717) is 16.5 Å². The largest absolute Gasteiger partial charge is 0.465 e. The molecule has 0 radical (unpaired) electrons. The van der Waals surface area contributed by atoms with Crippen molar-refractivity contribution in [2.45, 2.75) is 19.4 Å². The monoisotopic (exact) mass is 437 g/mol. The first kappa shape index (κ1) is 22.2. The lowest BCUT2D eigenvalue weighted by atomic mass is 10.1. The van der Waals surface area contributed by atoms with E-state index in [1.165, 1.54) is 12.3 Å². The van der Waals surface area contributed by atoms with Crippen LogP contribution in [0.15, 0.2) is 77.4 Å². The van der Waals surface area contributed by atoms with Gasteiger partial charge in [0.05, 0.1) is 17.0 Å². The van der Waals surface area contributed by atoms with Crippen LogP contribution in [0.5, 0.6) is 0 Å². The maximum absolute atomic E-state index is 12.1. The lowest BCUT2D eigenvalue weighted by molar-refractivity contribution is -0.117. The Morgan fingerprint density at radius 3 is 2.61 bits per heavy atom. The minimum absolute atomic E-state index is 0.0876. The molecule has 0 saturated heterocycles. The van der Waals surface area contributed by atoms with E-state index in [1.54, 1.807) is 30.3 Å². The molecule has 0 aliphatic carbocycles. The minimum Gasteiger partial charge on any atom is -0.465 e. The zero-order valence-electron chi connectivity index (χ0n) is 17.1. The van der Waals surface area contributed by atoms with Crippen LogP contribution in [0.2, 0.25) is 5.02 Å². The summed E-state index contributed by atoms with van der Waals surface area (Å²) in [4.78, 5) is 23.9. The Morgan fingerprint density at radius 2 is 1.90 bits per heavy atom. The van der Waals surface area contributed by atoms with Crippen LogP contribution >= 0.6 is 11.6 Å². The van der Waals surface area contributed by atoms with Gasteiger partial charge in [0.1, 0.15) is 5.76 Å². The van der Waals surface area contributed by atoms with Gasteiger partial charge in [-0.15, -0.1) is 0 Å². The SMILES string of the molecule is CC(Nc1ccc(NC(=O)CCNC(=O)/C=C/c2ccco2)cc1Cl)c1ccccc1. The molecule has 7 heteroatoms. The van der Waals surface area contributed by atoms with Crippen molar-refractivity contribution in [3.05, 3.63) is 89.3 Å². The second-order valence-corrected chi connectivity index (χ2v) is 7.32. The van der Waals surface area contributed by atoms with Gasteiger partial charge in [-0.2, -0.15) is 0 Å². The summed E-state index contributed by atoms with van der Waals surface area (Å²) in [5.74, 6) is 0.0702. The number of furan rings is 1. The minimum atomic E-state index is -0.296. The van der Waals surface area contributed by atoms with Crippen molar-refractivity contribution in [3.8, 4) is 0 Å². The molecule has 160 valence electrons. The molecule has 0 aliphatic rings. The van der Waals surface area contributed by atoms with Crippen LogP contribution in [0.4, 0.5) is 11.4 Å². The van der Waals surface area contributed by atoms with E-state index < -0.39 is 0 Å². The van der Waals surface area contributed by atoms with Crippen molar-refractivity contribution in [1.82, 2.24) is 5.32 Å². The van der Waals surface area contributed by atoms with Gasteiger partial charge in [-0.05, 0) is 48.9 Å². The van der Waals surface area contributed by atoms with Gasteiger partial charge in [-0.25, -0.2) is 0 Å². The highest BCUT2D eigenvalue weighted by atomic mass is 35.5. The van der Waals surface area contributed by atoms with Crippen LogP contribution in [0.25, 0.3) is 6.08 Å². The molecular formula is C24H24ClN3O3. The summed E-state index contributed by atoms with van der Waals surface area (Å²) in [7, 11) is 0. The summed E-state index contributed by atoms with van der Waals surface area (Å²) in [6, 6.07) is 18.9. The standard InChI is InChI=1S/C24H24ClN3O3/c1-17(18-6-3-2-4-7-18)27-22-11-9-19(16-21(22)25)28-24(30)13-14-26-23(29)12-10-20-8-5-15-31-20/h2-12,15-17,27H,13-14H2,1H3,(H,26,29)(H,28,30)/b12-10+. The third kappa shape index (κ3) is 7.04. The van der Waals surface area contributed by atoms with Crippen molar-refractivity contribution in [2.24, 2.45) is 0 Å². The summed E-state index contributed by atoms with van der Waals surface area (Å²) in [6.45, 7) is 2.27. The van der Waals surface area contributed by atoms with Gasteiger partial charge in [0, 0.05) is 30.8 Å². The number of rotatable bonds is 9. The number of hydrogen-bond acceptors (Lipinski definition) is 4. The van der Waals surface area contributed by atoms with Crippen LogP contribution in [-0.2, 0) is 9.59 Å². The molecule has 1 unspecified atom stereocenters. The number of hydrogen-bond donors (Lipinski definition) is 3. The first-order valence-corrected chi connectivity index (χ1v) is 10.3. The summed E-state index contributed by atoms with van der Waals surface area (Å²) in [5, 5.41) is 9.32. The zero-order chi connectivity index (χ0) is 22.1. The van der Waals surface area contributed by atoms with Gasteiger partial charge in [-0.1, -0.05) is 41.9 Å². The molecule has 0 aliphatic heterocycles. The fraction of sp³-hybridized carbons (Fsp3) is 0.167. The smallest absolute Gasteiger partial charge is 0.244 e. The number of carbonyl (C=O) groups excluding carboxylic acids is 2. The second kappa shape index (κ2) is 11.0. The first-order chi connectivity index (χ1) is 15.0. The fourth-order valence-corrected chi connectivity index (χ4v) is 3.13. The Hall–Kier alpha value is -3.51. The number of halogens is 1. The van der Waals surface area contributed by atoms with Crippen molar-refractivity contribution < 1.29 is 14.0 Å². The molecule has 2 amide bonds. The quantitative estimate of drug-likeness (QED) is 0.398. The molecule has 2 aromatic carbocycles. The molecule has 0 fully saturated rings. The molecular weight excluding hydrogens is 414 g/mol. The number of benzene rings is 2. The Labute approximate surface area is 186 Å². The first-order valence-electron chi connectivity index (χ1n) is 9.91. The van der Waals surface area contributed by atoms with Gasteiger partial charge in [0.2, 0.25) is 11.8 Å². The predicted octanol–water partition coefficient (Wildman–Crippen LogP) is 5.26. The average molecular weight is 438 g/mol. The Bertz CT molecular complexity index is 1030. The van der Waals surface area contributed by atoms with Gasteiger partial charge < -0.3 is 20.4 Å². The van der Waals surface area contributed by atoms with Crippen molar-refractivity contribution >= 4 is 40.9 Å². The number of anilines is 2. The molecule has 0 saturated carbocycles. The lowest BCUT2D eigenvalue weighted by Gasteiger charge is -2.17. The molecule has 6 nitrogen and oxygen atoms in total. The van der Waals surface area contributed by atoms with E-state index in [9.17, 15) is 9.59 Å². The summed E-state index contributed by atoms with van der Waals surface area (Å²) < 4.78 is 5.11. The van der Waals surface area contributed by atoms with E-state index in [0.717, 1.165) is 11.3 Å². The molecule has 0 bridgehead atoms. The van der Waals surface area contributed by atoms with Crippen LogP contribution in [-0.4, -0.2) is 18.4 Å². The van der Waals surface area contributed by atoms with Crippen molar-refractivity contribution in [3.63, 3.8) is 0 Å². The molecule has 1 atom stereocenters. The number of amides is 2. The van der Waals surface area contributed by atoms with E-state index in [4.69, 9.17) is 16.0 Å². The molecule has 0 spiro atoms. The molecule has 3 rings (SSSR count). The van der Waals surface area contributed by atoms with Gasteiger partial charge in [0.15, 0.2) is 0 Å². The molecule has 3 aromatic rings. The highest BCUT2D eigenvalue weighted by Crippen LogP contribution is 2.29. The van der Waals surface area contributed by atoms with Crippen molar-refractivity contribution in [1.29, 1.82) is 0 Å². The highest BCUT2D eigenvalue weighted by molar-refractivity contribution is 6.33. The van der Waals surface area contributed by atoms with Gasteiger partial charge in [-0.3, -0.25) is 9.59 Å². The Morgan fingerprint density at radius 1 is 1.10 bits per heavy atom. The topological polar surface area (TPSA) is 83.4 Å². The molecule has 1 heterocycles. The third-order valence-corrected chi connectivity index (χ3v) is 4.83. The summed E-state index contributed by atoms with van der Waals surface area (Å²) in [6.07, 6.45) is 4.59. The number of carbonyl (C=O) groups is 2. The lowest BCUT2D eigenvalue weighted by Crippen LogP contribution is -2.26. The maximum atomic E-state index is 12.1. The normalized spacial score (nSPS) is 11.8. The maximum Gasteiger partial charge on any atom is 0.244 e. The molecule has 31 heavy (non-hydrogen) atoms. The van der Waals surface area contributed by atoms with Gasteiger partial charge in [0.25, 0.3) is 0 Å². The van der Waals surface area contributed by atoms with Crippen LogP contribution < -0.4 is 16.0 Å².